The van der Waals surface area contributed by atoms with Crippen molar-refractivity contribution in [1.82, 2.24) is 26.3 Å². The Morgan fingerprint density at radius 2 is 1.87 bits per heavy atom. The minimum absolute atomic E-state index is 0.113. The molecule has 2 aromatic rings. The van der Waals surface area contributed by atoms with E-state index in [2.05, 4.69) is 77.1 Å². The number of hydrogen-bond acceptors (Lipinski definition) is 11. The van der Waals surface area contributed by atoms with Gasteiger partial charge in [-0.2, -0.15) is 25.3 Å². The summed E-state index contributed by atoms with van der Waals surface area (Å²) >= 11 is 12.0. The second-order valence-corrected chi connectivity index (χ2v) is 11.2. The van der Waals surface area contributed by atoms with Gasteiger partial charge in [-0.15, -0.1) is 0 Å². The van der Waals surface area contributed by atoms with Gasteiger partial charge in [0.05, 0.1) is 16.8 Å². The predicted molar refractivity (Wildman–Crippen MR) is 149 cm³/mol. The summed E-state index contributed by atoms with van der Waals surface area (Å²) < 4.78 is 23.4. The molecule has 0 aliphatic carbocycles. The molecule has 1 aromatic heterocycles. The molecule has 208 valence electrons. The summed E-state index contributed by atoms with van der Waals surface area (Å²) in [5.41, 5.74) is 5.42. The van der Waals surface area contributed by atoms with Crippen molar-refractivity contribution in [3.63, 3.8) is 0 Å². The molecule has 0 saturated carbocycles. The Labute approximate surface area is 238 Å². The summed E-state index contributed by atoms with van der Waals surface area (Å²) in [6.45, 7) is 5.79. The molecular weight excluding hydrogens is 605 g/mol. The predicted octanol–water partition coefficient (Wildman–Crippen LogP) is 2.77. The van der Waals surface area contributed by atoms with E-state index in [0.29, 0.717) is 12.8 Å². The van der Waals surface area contributed by atoms with Gasteiger partial charge in [-0.3, -0.25) is 9.59 Å². The van der Waals surface area contributed by atoms with E-state index < -0.39 is 29.3 Å². The average molecular weight is 635 g/mol. The van der Waals surface area contributed by atoms with Gasteiger partial charge in [0.25, 0.3) is 0 Å². The lowest BCUT2D eigenvalue weighted by Crippen LogP contribution is -2.44. The maximum Gasteiger partial charge on any atom is 0.407 e. The Morgan fingerprint density at radius 1 is 1.18 bits per heavy atom. The van der Waals surface area contributed by atoms with Gasteiger partial charge in [-0.25, -0.2) is 18.8 Å². The second-order valence-electron chi connectivity index (χ2n) is 8.99. The van der Waals surface area contributed by atoms with Crippen molar-refractivity contribution in [2.45, 2.75) is 49.7 Å². The molecule has 0 radical (unpaired) electrons. The zero-order valence-electron chi connectivity index (χ0n) is 20.8. The molecule has 0 fully saturated rings. The number of nitrogen functional groups attached to an aromatic ring is 1. The number of nitrogens with zero attached hydrogens (tertiary/aromatic N) is 3. The minimum atomic E-state index is -1.05. The van der Waals surface area contributed by atoms with E-state index in [-0.39, 0.29) is 51.2 Å². The van der Waals surface area contributed by atoms with Crippen LogP contribution in [0.15, 0.2) is 32.3 Å². The highest BCUT2D eigenvalue weighted by atomic mass is 79.9. The smallest absolute Gasteiger partial charge is 0.407 e. The van der Waals surface area contributed by atoms with E-state index in [1.54, 1.807) is 0 Å². The van der Waals surface area contributed by atoms with Crippen LogP contribution in [-0.2, 0) is 14.3 Å². The molecule has 0 aliphatic rings. The first-order chi connectivity index (χ1) is 17.8. The Balaban J connectivity index is 1.88. The number of benzene rings is 1. The van der Waals surface area contributed by atoms with Crippen LogP contribution < -0.4 is 21.7 Å². The molecule has 3 amide bonds. The molecule has 0 spiro atoms. The molecule has 0 aliphatic heterocycles. The van der Waals surface area contributed by atoms with Gasteiger partial charge in [0.15, 0.2) is 17.3 Å². The average Bonchev–Trinajstić information content (AvgIpc) is 3.25. The first-order valence-corrected chi connectivity index (χ1v) is 13.1. The lowest BCUT2D eigenvalue weighted by molar-refractivity contribution is -0.138. The third kappa shape index (κ3) is 10.5. The fourth-order valence-corrected chi connectivity index (χ4v) is 3.66. The number of aliphatic imine (C=N–C) groups is 1. The normalized spacial score (nSPS) is 13.4. The van der Waals surface area contributed by atoms with E-state index in [1.807, 2.05) is 20.8 Å². The third-order valence-corrected chi connectivity index (χ3v) is 6.69. The van der Waals surface area contributed by atoms with Crippen molar-refractivity contribution in [3.8, 4) is 0 Å². The maximum atomic E-state index is 13.6. The van der Waals surface area contributed by atoms with Crippen LogP contribution in [-0.4, -0.2) is 63.2 Å². The molecule has 1 heterocycles. The molecular formula is C22H29BrFN7O5S2. The maximum absolute atomic E-state index is 13.6. The summed E-state index contributed by atoms with van der Waals surface area (Å²) in [6.07, 6.45) is 0.301. The number of halogens is 2. The van der Waals surface area contributed by atoms with Crippen LogP contribution in [0.1, 0.15) is 39.3 Å². The molecule has 0 saturated heterocycles. The number of thiol groups is 2. The molecule has 2 unspecified atom stereocenters. The second kappa shape index (κ2) is 14.3. The molecule has 2 rings (SSSR count). The Bertz CT molecular complexity index is 1180. The number of rotatable bonds is 9. The summed E-state index contributed by atoms with van der Waals surface area (Å²) in [4.78, 5) is 40.8. The summed E-state index contributed by atoms with van der Waals surface area (Å²) in [5, 5.41) is 14.0. The van der Waals surface area contributed by atoms with Crippen LogP contribution in [0.2, 0.25) is 0 Å². The first kappa shape index (κ1) is 31.4. The molecule has 38 heavy (non-hydrogen) atoms. The number of ether oxygens (including phenoxy) is 1. The summed E-state index contributed by atoms with van der Waals surface area (Å²) in [6, 6.07) is 3.86. The number of hydrogen-bond donors (Lipinski definition) is 6. The lowest BCUT2D eigenvalue weighted by atomic mass is 10.1. The zero-order valence-corrected chi connectivity index (χ0v) is 24.2. The van der Waals surface area contributed by atoms with Crippen molar-refractivity contribution >= 4 is 76.4 Å². The van der Waals surface area contributed by atoms with Crippen LogP contribution in [0.3, 0.4) is 0 Å². The lowest BCUT2D eigenvalue weighted by Gasteiger charge is -2.21. The van der Waals surface area contributed by atoms with E-state index >= 15 is 0 Å². The fraction of sp³-hybridized carbons (Fsp3) is 0.455. The summed E-state index contributed by atoms with van der Waals surface area (Å²) in [5.74, 6) is -2.92. The van der Waals surface area contributed by atoms with Crippen molar-refractivity contribution in [3.05, 3.63) is 34.2 Å². The van der Waals surface area contributed by atoms with Crippen molar-refractivity contribution in [2.75, 3.05) is 18.9 Å². The molecule has 0 bridgehead atoms. The zero-order chi connectivity index (χ0) is 28.5. The third-order valence-electron chi connectivity index (χ3n) is 4.61. The SMILES string of the molecule is CC(C)(C)NC(=O)OCCC(S)C(S)CCNC(=O)C(=O)NC(=Nc1ccc(F)c(Br)c1)c1nonc1N. The van der Waals surface area contributed by atoms with Gasteiger partial charge < -0.3 is 26.4 Å². The standard InChI is InChI=1S/C22H29BrFN7O5S2/c1-22(2,3)29-21(34)35-9-7-15(38)14(37)6-8-26-19(32)20(33)28-18(16-17(25)31-36-30-16)27-11-4-5-13(24)12(23)10-11/h4-5,10,14-15,37-38H,6-9H2,1-3H3,(H2,25,31)(H,26,32)(H,29,34)(H,27,28,33). The Kier molecular flexibility index (Phi) is 11.8. The number of amidine groups is 1. The fourth-order valence-electron chi connectivity index (χ4n) is 2.76. The van der Waals surface area contributed by atoms with Gasteiger partial charge in [-0.05, 0) is 78.1 Å². The van der Waals surface area contributed by atoms with Gasteiger partial charge >= 0.3 is 17.9 Å². The van der Waals surface area contributed by atoms with E-state index in [0.717, 1.165) is 6.07 Å². The first-order valence-electron chi connectivity index (χ1n) is 11.3. The quantitative estimate of drug-likeness (QED) is 0.106. The van der Waals surface area contributed by atoms with E-state index in [9.17, 15) is 18.8 Å². The molecule has 1 aromatic carbocycles. The molecule has 5 N–H and O–H groups in total. The van der Waals surface area contributed by atoms with Crippen LogP contribution >= 0.6 is 41.2 Å². The number of carbonyl (C=O) groups excluding carboxylic acids is 3. The number of carbonyl (C=O) groups is 3. The highest BCUT2D eigenvalue weighted by Gasteiger charge is 2.22. The molecule has 2 atom stereocenters. The number of nitrogens with two attached hydrogens (primary N) is 1. The highest BCUT2D eigenvalue weighted by molar-refractivity contribution is 9.10. The highest BCUT2D eigenvalue weighted by Crippen LogP contribution is 2.23. The van der Waals surface area contributed by atoms with Gasteiger partial charge in [0.1, 0.15) is 5.82 Å². The topological polar surface area (TPSA) is 174 Å². The van der Waals surface area contributed by atoms with Gasteiger partial charge in [-0.1, -0.05) is 0 Å². The van der Waals surface area contributed by atoms with Gasteiger partial charge in [0, 0.05) is 22.6 Å². The van der Waals surface area contributed by atoms with Crippen molar-refractivity contribution < 1.29 is 28.1 Å². The van der Waals surface area contributed by atoms with Crippen LogP contribution in [0.25, 0.3) is 0 Å². The van der Waals surface area contributed by atoms with Crippen LogP contribution in [0.5, 0.6) is 0 Å². The Hall–Kier alpha value is -2.85. The molecule has 16 heteroatoms. The van der Waals surface area contributed by atoms with Crippen LogP contribution in [0.4, 0.5) is 20.7 Å². The van der Waals surface area contributed by atoms with Crippen molar-refractivity contribution in [2.24, 2.45) is 4.99 Å². The monoisotopic (exact) mass is 633 g/mol. The van der Waals surface area contributed by atoms with Crippen molar-refractivity contribution in [1.29, 1.82) is 0 Å². The number of nitrogens with one attached hydrogen (secondary N) is 3. The minimum Gasteiger partial charge on any atom is -0.450 e. The number of alkyl carbamates (subject to hydrolysis) is 1. The largest absolute Gasteiger partial charge is 0.450 e. The Morgan fingerprint density at radius 3 is 2.47 bits per heavy atom. The van der Waals surface area contributed by atoms with E-state index in [1.165, 1.54) is 12.1 Å². The van der Waals surface area contributed by atoms with Gasteiger partial charge in [0.2, 0.25) is 0 Å². The van der Waals surface area contributed by atoms with Crippen LogP contribution in [0, 0.1) is 5.82 Å². The summed E-state index contributed by atoms with van der Waals surface area (Å²) in [7, 11) is 0. The molecule has 12 nitrogen and oxygen atoms in total. The number of anilines is 1. The number of amides is 3. The number of aromatic nitrogens is 2. The van der Waals surface area contributed by atoms with E-state index in [4.69, 9.17) is 10.5 Å².